The minimum absolute atomic E-state index is 0.0773. The zero-order valence-electron chi connectivity index (χ0n) is 20.9. The number of imide groups is 1. The Morgan fingerprint density at radius 1 is 0.842 bits per heavy atom. The molecule has 2 N–H and O–H groups in total. The van der Waals surface area contributed by atoms with Gasteiger partial charge in [0.15, 0.2) is 11.5 Å². The van der Waals surface area contributed by atoms with Crippen LogP contribution >= 0.6 is 0 Å². The fraction of sp³-hybridized carbons (Fsp3) is 0.185. The summed E-state index contributed by atoms with van der Waals surface area (Å²) in [4.78, 5) is 45.2. The van der Waals surface area contributed by atoms with Crippen LogP contribution in [-0.2, 0) is 9.59 Å². The molecule has 0 aliphatic carbocycles. The first-order chi connectivity index (χ1) is 18.4. The van der Waals surface area contributed by atoms with Crippen LogP contribution in [0, 0.1) is 0 Å². The SMILES string of the molecule is COc1ccc(N2C(=O)CC(NNc3nc4cc(OC)c(OC)cc4c(=O)n3-c3ccccc3)C2=O)cc1. The van der Waals surface area contributed by atoms with E-state index in [9.17, 15) is 14.4 Å². The first-order valence-electron chi connectivity index (χ1n) is 11.7. The van der Waals surface area contributed by atoms with Crippen LogP contribution < -0.4 is 35.5 Å². The van der Waals surface area contributed by atoms with Gasteiger partial charge in [0.2, 0.25) is 11.9 Å². The number of nitrogens with one attached hydrogen (secondary N) is 2. The molecule has 4 aromatic rings. The van der Waals surface area contributed by atoms with Crippen LogP contribution in [0.5, 0.6) is 17.2 Å². The summed E-state index contributed by atoms with van der Waals surface area (Å²) in [6, 6.07) is 17.9. The lowest BCUT2D eigenvalue weighted by Gasteiger charge is -2.19. The average Bonchev–Trinajstić information content (AvgIpc) is 3.24. The van der Waals surface area contributed by atoms with E-state index in [4.69, 9.17) is 14.2 Å². The van der Waals surface area contributed by atoms with Crippen molar-refractivity contribution in [1.82, 2.24) is 15.0 Å². The summed E-state index contributed by atoms with van der Waals surface area (Å²) >= 11 is 0. The Morgan fingerprint density at radius 3 is 2.18 bits per heavy atom. The third kappa shape index (κ3) is 4.39. The molecule has 1 atom stereocenters. The summed E-state index contributed by atoms with van der Waals surface area (Å²) < 4.78 is 17.3. The molecule has 11 nitrogen and oxygen atoms in total. The van der Waals surface area contributed by atoms with Crippen molar-refractivity contribution >= 4 is 34.4 Å². The third-order valence-electron chi connectivity index (χ3n) is 6.22. The largest absolute Gasteiger partial charge is 0.497 e. The average molecular weight is 516 g/mol. The van der Waals surface area contributed by atoms with Gasteiger partial charge in [0.25, 0.3) is 11.5 Å². The van der Waals surface area contributed by atoms with Crippen molar-refractivity contribution in [2.24, 2.45) is 0 Å². The summed E-state index contributed by atoms with van der Waals surface area (Å²) in [6.45, 7) is 0. The van der Waals surface area contributed by atoms with E-state index in [1.165, 1.54) is 25.9 Å². The molecule has 0 radical (unpaired) electrons. The van der Waals surface area contributed by atoms with Gasteiger partial charge in [0.05, 0.1) is 50.0 Å². The van der Waals surface area contributed by atoms with Gasteiger partial charge in [-0.25, -0.2) is 19.9 Å². The van der Waals surface area contributed by atoms with Crippen molar-refractivity contribution in [1.29, 1.82) is 0 Å². The number of amides is 2. The zero-order chi connectivity index (χ0) is 26.8. The maximum Gasteiger partial charge on any atom is 0.267 e. The van der Waals surface area contributed by atoms with E-state index in [-0.39, 0.29) is 23.8 Å². The highest BCUT2D eigenvalue weighted by molar-refractivity contribution is 6.22. The van der Waals surface area contributed by atoms with Crippen molar-refractivity contribution in [3.05, 3.63) is 77.1 Å². The van der Waals surface area contributed by atoms with Crippen LogP contribution in [0.3, 0.4) is 0 Å². The van der Waals surface area contributed by atoms with Crippen LogP contribution in [-0.4, -0.2) is 48.7 Å². The van der Waals surface area contributed by atoms with Crippen LogP contribution in [0.15, 0.2) is 71.5 Å². The van der Waals surface area contributed by atoms with Gasteiger partial charge in [0, 0.05) is 6.07 Å². The first kappa shape index (κ1) is 24.8. The predicted molar refractivity (Wildman–Crippen MR) is 141 cm³/mol. The molecule has 1 unspecified atom stereocenters. The summed E-state index contributed by atoms with van der Waals surface area (Å²) in [5.74, 6) is 0.751. The van der Waals surface area contributed by atoms with Crippen molar-refractivity contribution in [3.63, 3.8) is 0 Å². The van der Waals surface area contributed by atoms with Crippen LogP contribution in [0.4, 0.5) is 11.6 Å². The number of nitrogens with zero attached hydrogens (tertiary/aromatic N) is 3. The predicted octanol–water partition coefficient (Wildman–Crippen LogP) is 2.66. The number of carbonyl (C=O) groups is 2. The molecule has 11 heteroatoms. The van der Waals surface area contributed by atoms with Crippen molar-refractivity contribution in [3.8, 4) is 22.9 Å². The van der Waals surface area contributed by atoms with Gasteiger partial charge in [-0.15, -0.1) is 0 Å². The molecule has 5 rings (SSSR count). The molecule has 1 aliphatic heterocycles. The summed E-state index contributed by atoms with van der Waals surface area (Å²) in [5, 5.41) is 0.315. The number of hydrogen-bond donors (Lipinski definition) is 2. The van der Waals surface area contributed by atoms with Gasteiger partial charge in [-0.1, -0.05) is 18.2 Å². The molecule has 38 heavy (non-hydrogen) atoms. The molecule has 194 valence electrons. The smallest absolute Gasteiger partial charge is 0.267 e. The number of para-hydroxylation sites is 1. The van der Waals surface area contributed by atoms with Crippen LogP contribution in [0.2, 0.25) is 0 Å². The number of aromatic nitrogens is 2. The first-order valence-corrected chi connectivity index (χ1v) is 11.7. The van der Waals surface area contributed by atoms with E-state index in [0.29, 0.717) is 39.5 Å². The molecule has 1 aromatic heterocycles. The molecule has 0 spiro atoms. The Labute approximate surface area is 217 Å². The summed E-state index contributed by atoms with van der Waals surface area (Å²) in [7, 11) is 4.52. The number of hydrazine groups is 1. The fourth-order valence-electron chi connectivity index (χ4n) is 4.31. The van der Waals surface area contributed by atoms with E-state index in [1.807, 2.05) is 6.07 Å². The number of benzene rings is 3. The minimum Gasteiger partial charge on any atom is -0.497 e. The Bertz CT molecular complexity index is 1570. The molecule has 0 bridgehead atoms. The van der Waals surface area contributed by atoms with E-state index in [0.717, 1.165) is 4.90 Å². The number of anilines is 2. The second-order valence-electron chi connectivity index (χ2n) is 8.43. The zero-order valence-corrected chi connectivity index (χ0v) is 20.9. The third-order valence-corrected chi connectivity index (χ3v) is 6.22. The van der Waals surface area contributed by atoms with Crippen molar-refractivity contribution in [2.75, 3.05) is 31.7 Å². The maximum absolute atomic E-state index is 13.6. The van der Waals surface area contributed by atoms with Gasteiger partial charge < -0.3 is 14.2 Å². The molecule has 2 heterocycles. The number of ether oxygens (including phenoxy) is 3. The quantitative estimate of drug-likeness (QED) is 0.269. The molecular weight excluding hydrogens is 490 g/mol. The number of carbonyl (C=O) groups excluding carboxylic acids is 2. The second kappa shape index (κ2) is 10.2. The number of fused-ring (bicyclic) bond motifs is 1. The Balaban J connectivity index is 1.49. The molecule has 2 amide bonds. The molecule has 3 aromatic carbocycles. The molecule has 0 saturated carbocycles. The van der Waals surface area contributed by atoms with Gasteiger partial charge in [-0.3, -0.25) is 19.8 Å². The lowest BCUT2D eigenvalue weighted by Crippen LogP contribution is -2.42. The number of methoxy groups -OCH3 is 3. The van der Waals surface area contributed by atoms with E-state index in [1.54, 1.807) is 60.7 Å². The van der Waals surface area contributed by atoms with Gasteiger partial charge in [-0.05, 0) is 42.5 Å². The standard InChI is InChI=1S/C27H25N5O6/c1-36-18-11-9-17(10-12-18)31-24(33)15-21(26(31)35)29-30-27-28-20-14-23(38-3)22(37-2)13-19(20)25(34)32(27)16-7-5-4-6-8-16/h4-14,21,29H,15H2,1-3H3,(H,28,30). The minimum atomic E-state index is -0.883. The van der Waals surface area contributed by atoms with Crippen molar-refractivity contribution < 1.29 is 23.8 Å². The highest BCUT2D eigenvalue weighted by Crippen LogP contribution is 2.31. The lowest BCUT2D eigenvalue weighted by atomic mass is 10.2. The van der Waals surface area contributed by atoms with E-state index < -0.39 is 11.9 Å². The summed E-state index contributed by atoms with van der Waals surface area (Å²) in [6.07, 6.45) is -0.0773. The second-order valence-corrected chi connectivity index (χ2v) is 8.43. The van der Waals surface area contributed by atoms with Crippen LogP contribution in [0.1, 0.15) is 6.42 Å². The normalized spacial score (nSPS) is 15.1. The number of hydrogen-bond acceptors (Lipinski definition) is 9. The molecule has 1 aliphatic rings. The lowest BCUT2D eigenvalue weighted by molar-refractivity contribution is -0.121. The van der Waals surface area contributed by atoms with Crippen LogP contribution in [0.25, 0.3) is 16.6 Å². The summed E-state index contributed by atoms with van der Waals surface area (Å²) in [5.41, 5.74) is 6.79. The van der Waals surface area contributed by atoms with Gasteiger partial charge in [0.1, 0.15) is 11.8 Å². The van der Waals surface area contributed by atoms with E-state index in [2.05, 4.69) is 15.8 Å². The van der Waals surface area contributed by atoms with Crippen molar-refractivity contribution in [2.45, 2.75) is 12.5 Å². The van der Waals surface area contributed by atoms with Gasteiger partial charge in [-0.2, -0.15) is 0 Å². The highest BCUT2D eigenvalue weighted by Gasteiger charge is 2.39. The Morgan fingerprint density at radius 2 is 1.53 bits per heavy atom. The van der Waals surface area contributed by atoms with E-state index >= 15 is 0 Å². The Hall–Kier alpha value is -4.90. The molecule has 1 saturated heterocycles. The Kier molecular flexibility index (Phi) is 6.67. The monoisotopic (exact) mass is 515 g/mol. The number of rotatable bonds is 8. The maximum atomic E-state index is 13.6. The highest BCUT2D eigenvalue weighted by atomic mass is 16.5. The topological polar surface area (TPSA) is 124 Å². The fourth-order valence-corrected chi connectivity index (χ4v) is 4.31. The molecular formula is C27H25N5O6. The van der Waals surface area contributed by atoms with Gasteiger partial charge >= 0.3 is 0 Å². The molecule has 1 fully saturated rings.